The topological polar surface area (TPSA) is 72.8 Å². The van der Waals surface area contributed by atoms with Crippen LogP contribution in [0.25, 0.3) is 22.2 Å². The van der Waals surface area contributed by atoms with Gasteiger partial charge in [0, 0.05) is 10.9 Å². The SMILES string of the molecule is CCOc1c(I)cc(/C=N\NC(=O)c2cc(-c3ccccc3)nc3ccccc23)cc1OC. The number of rotatable bonds is 7. The number of aromatic nitrogens is 1. The second kappa shape index (κ2) is 10.4. The number of hydrogen-bond donors (Lipinski definition) is 1. The fourth-order valence-corrected chi connectivity index (χ4v) is 4.23. The second-order valence-corrected chi connectivity index (χ2v) is 8.27. The van der Waals surface area contributed by atoms with E-state index in [1.807, 2.05) is 73.7 Å². The van der Waals surface area contributed by atoms with Crippen molar-refractivity contribution in [1.82, 2.24) is 10.4 Å². The molecule has 0 bridgehead atoms. The van der Waals surface area contributed by atoms with Gasteiger partial charge in [0.25, 0.3) is 5.91 Å². The molecule has 4 rings (SSSR count). The van der Waals surface area contributed by atoms with Crippen LogP contribution in [0.15, 0.2) is 77.9 Å². The number of methoxy groups -OCH3 is 1. The monoisotopic (exact) mass is 551 g/mol. The van der Waals surface area contributed by atoms with Gasteiger partial charge in [-0.3, -0.25) is 4.79 Å². The largest absolute Gasteiger partial charge is 0.493 e. The van der Waals surface area contributed by atoms with Gasteiger partial charge in [0.05, 0.1) is 40.3 Å². The molecule has 0 saturated heterocycles. The lowest BCUT2D eigenvalue weighted by Gasteiger charge is -2.12. The summed E-state index contributed by atoms with van der Waals surface area (Å²) in [5.74, 6) is 0.997. The van der Waals surface area contributed by atoms with Gasteiger partial charge in [-0.15, -0.1) is 0 Å². The molecular formula is C26H22IN3O3. The first-order valence-corrected chi connectivity index (χ1v) is 11.5. The summed E-state index contributed by atoms with van der Waals surface area (Å²) >= 11 is 2.19. The first kappa shape index (κ1) is 22.7. The van der Waals surface area contributed by atoms with E-state index in [2.05, 4.69) is 33.1 Å². The van der Waals surface area contributed by atoms with Crippen molar-refractivity contribution in [3.63, 3.8) is 0 Å². The normalized spacial score (nSPS) is 11.0. The number of nitrogens with zero attached hydrogens (tertiary/aromatic N) is 2. The van der Waals surface area contributed by atoms with E-state index >= 15 is 0 Å². The number of carbonyl (C=O) groups excluding carboxylic acids is 1. The summed E-state index contributed by atoms with van der Waals surface area (Å²) in [6.07, 6.45) is 1.58. The van der Waals surface area contributed by atoms with Gasteiger partial charge in [0.15, 0.2) is 11.5 Å². The van der Waals surface area contributed by atoms with Crippen molar-refractivity contribution >= 4 is 45.6 Å². The minimum absolute atomic E-state index is 0.311. The van der Waals surface area contributed by atoms with E-state index < -0.39 is 0 Å². The third-order valence-corrected chi connectivity index (χ3v) is 5.75. The Labute approximate surface area is 205 Å². The van der Waals surface area contributed by atoms with Crippen LogP contribution in [0.1, 0.15) is 22.8 Å². The third-order valence-electron chi connectivity index (χ3n) is 4.95. The summed E-state index contributed by atoms with van der Waals surface area (Å²) in [6, 6.07) is 22.9. The molecule has 166 valence electrons. The molecule has 1 N–H and O–H groups in total. The fourth-order valence-electron chi connectivity index (χ4n) is 3.44. The molecule has 1 heterocycles. The van der Waals surface area contributed by atoms with E-state index in [0.717, 1.165) is 31.3 Å². The summed E-state index contributed by atoms with van der Waals surface area (Å²) in [6.45, 7) is 2.47. The van der Waals surface area contributed by atoms with Gasteiger partial charge in [-0.05, 0) is 59.3 Å². The van der Waals surface area contributed by atoms with Crippen molar-refractivity contribution in [3.05, 3.63) is 87.5 Å². The van der Waals surface area contributed by atoms with E-state index in [1.165, 1.54) is 0 Å². The maximum atomic E-state index is 13.1. The Kier molecular flexibility index (Phi) is 7.19. The number of carbonyl (C=O) groups is 1. The highest BCUT2D eigenvalue weighted by atomic mass is 127. The summed E-state index contributed by atoms with van der Waals surface area (Å²) < 4.78 is 12.0. The van der Waals surface area contributed by atoms with Crippen LogP contribution in [0.5, 0.6) is 11.5 Å². The molecule has 4 aromatic rings. The van der Waals surface area contributed by atoms with E-state index in [0.29, 0.717) is 23.7 Å². The number of hydrazone groups is 1. The number of nitrogens with one attached hydrogen (secondary N) is 1. The van der Waals surface area contributed by atoms with Gasteiger partial charge in [-0.1, -0.05) is 48.5 Å². The highest BCUT2D eigenvalue weighted by Crippen LogP contribution is 2.33. The van der Waals surface area contributed by atoms with Crippen LogP contribution in [0.4, 0.5) is 0 Å². The summed E-state index contributed by atoms with van der Waals surface area (Å²) in [5, 5.41) is 4.94. The number of benzene rings is 3. The average Bonchev–Trinajstić information content (AvgIpc) is 2.85. The van der Waals surface area contributed by atoms with Gasteiger partial charge < -0.3 is 9.47 Å². The molecule has 0 aliphatic rings. The number of pyridine rings is 1. The van der Waals surface area contributed by atoms with Crippen LogP contribution < -0.4 is 14.9 Å². The van der Waals surface area contributed by atoms with Gasteiger partial charge >= 0.3 is 0 Å². The zero-order valence-electron chi connectivity index (χ0n) is 18.2. The Balaban J connectivity index is 1.62. The predicted octanol–water partition coefficient (Wildman–Crippen LogP) is 5.68. The minimum Gasteiger partial charge on any atom is -0.493 e. The van der Waals surface area contributed by atoms with Gasteiger partial charge in [-0.2, -0.15) is 5.10 Å². The number of ether oxygens (including phenoxy) is 2. The zero-order valence-corrected chi connectivity index (χ0v) is 20.4. The number of amides is 1. The number of halogens is 1. The van der Waals surface area contributed by atoms with Gasteiger partial charge in [0.2, 0.25) is 0 Å². The number of fused-ring (bicyclic) bond motifs is 1. The summed E-state index contributed by atoms with van der Waals surface area (Å²) in [5.41, 5.74) is 6.36. The first-order valence-electron chi connectivity index (χ1n) is 10.4. The van der Waals surface area contributed by atoms with Crippen molar-refractivity contribution < 1.29 is 14.3 Å². The van der Waals surface area contributed by atoms with E-state index in [4.69, 9.17) is 14.5 Å². The zero-order chi connectivity index (χ0) is 23.2. The summed E-state index contributed by atoms with van der Waals surface area (Å²) in [4.78, 5) is 17.8. The molecule has 0 radical (unpaired) electrons. The van der Waals surface area contributed by atoms with Crippen LogP contribution in [0, 0.1) is 3.57 Å². The lowest BCUT2D eigenvalue weighted by Crippen LogP contribution is -2.18. The molecule has 0 fully saturated rings. The van der Waals surface area contributed by atoms with Crippen molar-refractivity contribution in [1.29, 1.82) is 0 Å². The highest BCUT2D eigenvalue weighted by molar-refractivity contribution is 14.1. The van der Waals surface area contributed by atoms with E-state index in [1.54, 1.807) is 19.4 Å². The van der Waals surface area contributed by atoms with Crippen LogP contribution in [0.3, 0.4) is 0 Å². The van der Waals surface area contributed by atoms with Crippen molar-refractivity contribution in [2.75, 3.05) is 13.7 Å². The molecule has 7 heteroatoms. The van der Waals surface area contributed by atoms with Gasteiger partial charge in [-0.25, -0.2) is 10.4 Å². The van der Waals surface area contributed by atoms with Gasteiger partial charge in [0.1, 0.15) is 0 Å². The Bertz CT molecular complexity index is 1320. The molecule has 3 aromatic carbocycles. The van der Waals surface area contributed by atoms with Crippen LogP contribution in [-0.2, 0) is 0 Å². The maximum absolute atomic E-state index is 13.1. The number of hydrogen-bond acceptors (Lipinski definition) is 5. The molecule has 0 aliphatic carbocycles. The standard InChI is InChI=1S/C26H22IN3O3/c1-3-33-25-21(27)13-17(14-24(25)32-2)16-28-30-26(31)20-15-23(18-9-5-4-6-10-18)29-22-12-8-7-11-19(20)22/h4-16H,3H2,1-2H3,(H,30,31)/b28-16-. The van der Waals surface area contributed by atoms with Crippen LogP contribution in [-0.4, -0.2) is 30.8 Å². The molecule has 33 heavy (non-hydrogen) atoms. The quantitative estimate of drug-likeness (QED) is 0.182. The van der Waals surface area contributed by atoms with Crippen molar-refractivity contribution in [2.24, 2.45) is 5.10 Å². The molecule has 0 aliphatic heterocycles. The van der Waals surface area contributed by atoms with E-state index in [-0.39, 0.29) is 5.91 Å². The van der Waals surface area contributed by atoms with E-state index in [9.17, 15) is 4.79 Å². The van der Waals surface area contributed by atoms with Crippen LogP contribution in [0.2, 0.25) is 0 Å². The first-order chi connectivity index (χ1) is 16.1. The Morgan fingerprint density at radius 1 is 1.09 bits per heavy atom. The lowest BCUT2D eigenvalue weighted by molar-refractivity contribution is 0.0956. The average molecular weight is 551 g/mol. The minimum atomic E-state index is -0.311. The molecule has 0 spiro atoms. The molecular weight excluding hydrogens is 529 g/mol. The Hall–Kier alpha value is -3.46. The molecule has 0 unspecified atom stereocenters. The number of para-hydroxylation sites is 1. The smallest absolute Gasteiger partial charge is 0.272 e. The third kappa shape index (κ3) is 5.14. The molecule has 1 aromatic heterocycles. The summed E-state index contributed by atoms with van der Waals surface area (Å²) in [7, 11) is 1.59. The Morgan fingerprint density at radius 3 is 2.61 bits per heavy atom. The highest BCUT2D eigenvalue weighted by Gasteiger charge is 2.14. The molecule has 6 nitrogen and oxygen atoms in total. The molecule has 0 saturated carbocycles. The molecule has 0 atom stereocenters. The van der Waals surface area contributed by atoms with Crippen LogP contribution >= 0.6 is 22.6 Å². The Morgan fingerprint density at radius 2 is 1.85 bits per heavy atom. The predicted molar refractivity (Wildman–Crippen MR) is 139 cm³/mol. The lowest BCUT2D eigenvalue weighted by atomic mass is 10.0. The van der Waals surface area contributed by atoms with Crippen molar-refractivity contribution in [3.8, 4) is 22.8 Å². The van der Waals surface area contributed by atoms with Crippen molar-refractivity contribution in [2.45, 2.75) is 6.92 Å². The fraction of sp³-hybridized carbons (Fsp3) is 0.115. The molecule has 1 amide bonds. The second-order valence-electron chi connectivity index (χ2n) is 7.10. The maximum Gasteiger partial charge on any atom is 0.272 e.